The molecule has 0 unspecified atom stereocenters. The van der Waals surface area contributed by atoms with E-state index in [0.29, 0.717) is 29.4 Å². The number of imidazole rings is 1. The van der Waals surface area contributed by atoms with Crippen LogP contribution in [0.4, 0.5) is 26.2 Å². The third-order valence-electron chi connectivity index (χ3n) is 8.72. The van der Waals surface area contributed by atoms with E-state index in [1.165, 1.54) is 18.9 Å². The number of piperazine rings is 1. The van der Waals surface area contributed by atoms with Crippen LogP contribution in [-0.2, 0) is 0 Å². The van der Waals surface area contributed by atoms with E-state index >= 15 is 0 Å². The number of nitrogens with zero attached hydrogens (tertiary/aromatic N) is 6. The van der Waals surface area contributed by atoms with E-state index in [4.69, 9.17) is 5.73 Å². The van der Waals surface area contributed by atoms with E-state index in [2.05, 4.69) is 52.9 Å². The molecule has 0 spiro atoms. The molecule has 4 N–H and O–H groups in total. The third-order valence-corrected chi connectivity index (χ3v) is 8.72. The lowest BCUT2D eigenvalue weighted by molar-refractivity contribution is 0.0828. The molecule has 2 aromatic carbocycles. The zero-order chi connectivity index (χ0) is 28.1. The Balaban J connectivity index is 1.12. The van der Waals surface area contributed by atoms with E-state index in [1.54, 1.807) is 6.33 Å². The summed E-state index contributed by atoms with van der Waals surface area (Å²) in [5, 5.41) is 4.01. The Kier molecular flexibility index (Phi) is 6.55. The van der Waals surface area contributed by atoms with Gasteiger partial charge >= 0.3 is 0 Å². The van der Waals surface area contributed by atoms with Crippen molar-refractivity contribution >= 4 is 39.5 Å². The first-order valence-corrected chi connectivity index (χ1v) is 14.2. The number of likely N-dealkylation sites (N-methyl/N-ethyl adjacent to an activating group) is 1. The van der Waals surface area contributed by atoms with Gasteiger partial charge in [0.1, 0.15) is 29.1 Å². The van der Waals surface area contributed by atoms with Crippen LogP contribution >= 0.6 is 0 Å². The molecular weight excluding hydrogens is 524 g/mol. The maximum absolute atomic E-state index is 14.1. The van der Waals surface area contributed by atoms with Gasteiger partial charge in [0.25, 0.3) is 0 Å². The first-order chi connectivity index (χ1) is 19.9. The summed E-state index contributed by atoms with van der Waals surface area (Å²) >= 11 is 0. The minimum atomic E-state index is -0.705. The molecule has 0 amide bonds. The zero-order valence-corrected chi connectivity index (χ0v) is 22.9. The van der Waals surface area contributed by atoms with Crippen molar-refractivity contribution in [2.24, 2.45) is 0 Å². The number of aromatic nitrogens is 5. The van der Waals surface area contributed by atoms with Gasteiger partial charge in [-0.15, -0.1) is 0 Å². The first-order valence-electron chi connectivity index (χ1n) is 14.2. The second kappa shape index (κ2) is 10.4. The Bertz CT molecular complexity index is 1700. The Hall–Kier alpha value is -4.09. The van der Waals surface area contributed by atoms with Crippen molar-refractivity contribution in [3.05, 3.63) is 60.6 Å². The molecular formula is C30H33F2N9. The van der Waals surface area contributed by atoms with Crippen LogP contribution < -0.4 is 11.1 Å². The molecule has 11 heteroatoms. The van der Waals surface area contributed by atoms with E-state index in [0.717, 1.165) is 72.9 Å². The standard InChI is InChI=1S/C30H33F2N9/c1-39-10-12-40(13-11-39)21-6-8-22(9-7-21)41-16-23(26-28(33)34-17-35-29(26)41)18-2-4-20(5-3-18)36-30-37-25-15-19(31)14-24(32)27(25)38-30/h2-5,14-17,21-22H,6-13H2,1H3,(H2,33,34,35)(H2,36,37,38)/t21-,22+. The molecule has 1 saturated heterocycles. The minimum absolute atomic E-state index is 0.0892. The number of nitrogen functional groups attached to an aromatic ring is 1. The molecule has 4 heterocycles. The topological polar surface area (TPSA) is 104 Å². The number of anilines is 3. The fourth-order valence-electron chi connectivity index (χ4n) is 6.47. The predicted octanol–water partition coefficient (Wildman–Crippen LogP) is 5.31. The Morgan fingerprint density at radius 2 is 1.68 bits per heavy atom. The SMILES string of the molecule is CN1CCN([C@H]2CC[C@@H](n3cc(-c4ccc(Nc5nc6c(F)cc(F)cc6[nH]5)cc4)c4c(N)ncnc43)CC2)CC1. The predicted molar refractivity (Wildman–Crippen MR) is 157 cm³/mol. The zero-order valence-electron chi connectivity index (χ0n) is 22.9. The van der Waals surface area contributed by atoms with Gasteiger partial charge in [0.15, 0.2) is 5.82 Å². The molecule has 1 saturated carbocycles. The van der Waals surface area contributed by atoms with Crippen molar-refractivity contribution in [3.8, 4) is 11.1 Å². The first kappa shape index (κ1) is 25.8. The maximum Gasteiger partial charge on any atom is 0.205 e. The van der Waals surface area contributed by atoms with Gasteiger partial charge in [-0.1, -0.05) is 12.1 Å². The molecule has 1 aliphatic heterocycles. The highest BCUT2D eigenvalue weighted by molar-refractivity contribution is 6.00. The van der Waals surface area contributed by atoms with E-state index in [1.807, 2.05) is 24.3 Å². The van der Waals surface area contributed by atoms with Gasteiger partial charge in [-0.05, 0) is 56.5 Å². The highest BCUT2D eigenvalue weighted by atomic mass is 19.1. The monoisotopic (exact) mass is 557 g/mol. The van der Waals surface area contributed by atoms with Gasteiger partial charge in [-0.3, -0.25) is 4.90 Å². The van der Waals surface area contributed by atoms with Gasteiger partial charge in [0.05, 0.1) is 10.9 Å². The number of fused-ring (bicyclic) bond motifs is 2. The number of rotatable bonds is 5. The molecule has 3 aromatic heterocycles. The normalized spacial score (nSPS) is 20.7. The molecule has 2 fully saturated rings. The van der Waals surface area contributed by atoms with Gasteiger partial charge in [-0.25, -0.2) is 23.7 Å². The molecule has 7 rings (SSSR count). The number of hydrogen-bond donors (Lipinski definition) is 3. The average Bonchev–Trinajstić information content (AvgIpc) is 3.56. The summed E-state index contributed by atoms with van der Waals surface area (Å²) < 4.78 is 30.0. The summed E-state index contributed by atoms with van der Waals surface area (Å²) in [7, 11) is 2.20. The molecule has 0 bridgehead atoms. The van der Waals surface area contributed by atoms with E-state index in [-0.39, 0.29) is 5.52 Å². The number of nitrogens with two attached hydrogens (primary N) is 1. The second-order valence-electron chi connectivity index (χ2n) is 11.3. The summed E-state index contributed by atoms with van der Waals surface area (Å²) in [5.74, 6) is -0.559. The molecule has 5 aromatic rings. The van der Waals surface area contributed by atoms with E-state index in [9.17, 15) is 8.78 Å². The van der Waals surface area contributed by atoms with Crippen LogP contribution in [0.15, 0.2) is 48.9 Å². The van der Waals surface area contributed by atoms with Crippen molar-refractivity contribution < 1.29 is 8.78 Å². The minimum Gasteiger partial charge on any atom is -0.383 e. The number of H-pyrrole nitrogens is 1. The largest absolute Gasteiger partial charge is 0.383 e. The molecule has 41 heavy (non-hydrogen) atoms. The van der Waals surface area contributed by atoms with Crippen molar-refractivity contribution in [1.82, 2.24) is 34.3 Å². The molecule has 0 radical (unpaired) electrons. The van der Waals surface area contributed by atoms with Crippen LogP contribution in [-0.4, -0.2) is 73.6 Å². The van der Waals surface area contributed by atoms with Crippen molar-refractivity contribution in [1.29, 1.82) is 0 Å². The number of halogens is 2. The second-order valence-corrected chi connectivity index (χ2v) is 11.3. The lowest BCUT2D eigenvalue weighted by atomic mass is 9.89. The van der Waals surface area contributed by atoms with Crippen molar-refractivity contribution in [2.75, 3.05) is 44.3 Å². The smallest absolute Gasteiger partial charge is 0.205 e. The maximum atomic E-state index is 14.1. The fourth-order valence-corrected chi connectivity index (χ4v) is 6.47. The van der Waals surface area contributed by atoms with Crippen molar-refractivity contribution in [3.63, 3.8) is 0 Å². The lowest BCUT2D eigenvalue weighted by Crippen LogP contribution is -2.49. The van der Waals surface area contributed by atoms with Crippen LogP contribution in [0.3, 0.4) is 0 Å². The molecule has 1 aliphatic carbocycles. The number of aromatic amines is 1. The number of nitrogens with one attached hydrogen (secondary N) is 2. The Labute approximate surface area is 236 Å². The Morgan fingerprint density at radius 1 is 0.951 bits per heavy atom. The molecule has 2 aliphatic rings. The molecule has 212 valence electrons. The summed E-state index contributed by atoms with van der Waals surface area (Å²) in [5.41, 5.74) is 10.4. The van der Waals surface area contributed by atoms with Gasteiger partial charge in [0.2, 0.25) is 5.95 Å². The summed E-state index contributed by atoms with van der Waals surface area (Å²) in [6, 6.07) is 10.9. The third kappa shape index (κ3) is 4.89. The van der Waals surface area contributed by atoms with Gasteiger partial charge in [0, 0.05) is 61.8 Å². The van der Waals surface area contributed by atoms with Crippen LogP contribution in [0.2, 0.25) is 0 Å². The summed E-state index contributed by atoms with van der Waals surface area (Å²) in [6.45, 7) is 4.60. The van der Waals surface area contributed by atoms with Crippen LogP contribution in [0.5, 0.6) is 0 Å². The van der Waals surface area contributed by atoms with E-state index < -0.39 is 11.6 Å². The molecule has 0 atom stereocenters. The van der Waals surface area contributed by atoms with Crippen LogP contribution in [0, 0.1) is 11.6 Å². The average molecular weight is 558 g/mol. The summed E-state index contributed by atoms with van der Waals surface area (Å²) in [6.07, 6.45) is 8.30. The Morgan fingerprint density at radius 3 is 2.44 bits per heavy atom. The quantitative estimate of drug-likeness (QED) is 0.269. The lowest BCUT2D eigenvalue weighted by Gasteiger charge is -2.41. The number of hydrogen-bond acceptors (Lipinski definition) is 7. The van der Waals surface area contributed by atoms with Crippen LogP contribution in [0.25, 0.3) is 33.2 Å². The highest BCUT2D eigenvalue weighted by Crippen LogP contribution is 2.39. The highest BCUT2D eigenvalue weighted by Gasteiger charge is 2.30. The number of benzene rings is 2. The van der Waals surface area contributed by atoms with Crippen LogP contribution in [0.1, 0.15) is 31.7 Å². The van der Waals surface area contributed by atoms with Gasteiger partial charge in [-0.2, -0.15) is 0 Å². The fraction of sp³-hybridized carbons (Fsp3) is 0.367. The van der Waals surface area contributed by atoms with Gasteiger partial charge < -0.3 is 25.5 Å². The summed E-state index contributed by atoms with van der Waals surface area (Å²) in [4.78, 5) is 21.2. The van der Waals surface area contributed by atoms with Crippen molar-refractivity contribution in [2.45, 2.75) is 37.8 Å². The molecule has 9 nitrogen and oxygen atoms in total.